The van der Waals surface area contributed by atoms with Gasteiger partial charge in [0.15, 0.2) is 0 Å². The third-order valence-electron chi connectivity index (χ3n) is 4.22. The molecule has 2 aromatic rings. The van der Waals surface area contributed by atoms with Gasteiger partial charge in [-0.1, -0.05) is 12.1 Å². The van der Waals surface area contributed by atoms with Gasteiger partial charge in [0.2, 0.25) is 5.91 Å². The number of likely N-dealkylation sites (tertiary alicyclic amines) is 1. The van der Waals surface area contributed by atoms with Gasteiger partial charge in [-0.2, -0.15) is 0 Å². The van der Waals surface area contributed by atoms with Crippen molar-refractivity contribution >= 4 is 16.8 Å². The fourth-order valence-electron chi connectivity index (χ4n) is 2.97. The maximum Gasteiger partial charge on any atom is 0.261 e. The molecule has 0 radical (unpaired) electrons. The summed E-state index contributed by atoms with van der Waals surface area (Å²) in [6, 6.07) is 7.16. The molecule has 0 bridgehead atoms. The standard InChI is InChI=1S/C17H22N4O2/c22-16(18-8-5-11-20-9-3-4-10-20)12-21-13-19-15-7-2-1-6-14(15)17(21)23/h1-2,6-7,13H,3-5,8-12H2,(H,18,22). The Kier molecular flexibility index (Phi) is 5.02. The molecule has 0 atom stereocenters. The van der Waals surface area contributed by atoms with Gasteiger partial charge >= 0.3 is 0 Å². The second-order valence-electron chi connectivity index (χ2n) is 5.95. The van der Waals surface area contributed by atoms with Gasteiger partial charge in [0, 0.05) is 6.54 Å². The van der Waals surface area contributed by atoms with E-state index in [4.69, 9.17) is 0 Å². The molecule has 2 heterocycles. The van der Waals surface area contributed by atoms with Crippen molar-refractivity contribution in [1.82, 2.24) is 19.8 Å². The van der Waals surface area contributed by atoms with E-state index in [1.807, 2.05) is 6.07 Å². The normalized spacial score (nSPS) is 15.1. The minimum absolute atomic E-state index is 0.0143. The Morgan fingerprint density at radius 3 is 2.83 bits per heavy atom. The van der Waals surface area contributed by atoms with Gasteiger partial charge in [-0.15, -0.1) is 0 Å². The van der Waals surface area contributed by atoms with Crippen LogP contribution in [0, 0.1) is 0 Å². The second kappa shape index (κ2) is 7.37. The molecule has 1 N–H and O–H groups in total. The zero-order chi connectivity index (χ0) is 16.1. The van der Waals surface area contributed by atoms with E-state index in [0.29, 0.717) is 17.4 Å². The first kappa shape index (κ1) is 15.7. The van der Waals surface area contributed by atoms with Crippen LogP contribution in [0.15, 0.2) is 35.4 Å². The van der Waals surface area contributed by atoms with Crippen molar-refractivity contribution < 1.29 is 4.79 Å². The Morgan fingerprint density at radius 2 is 2.00 bits per heavy atom. The van der Waals surface area contributed by atoms with E-state index >= 15 is 0 Å². The van der Waals surface area contributed by atoms with Crippen molar-refractivity contribution in [2.45, 2.75) is 25.8 Å². The van der Waals surface area contributed by atoms with E-state index in [0.717, 1.165) is 13.0 Å². The molecule has 0 spiro atoms. The summed E-state index contributed by atoms with van der Waals surface area (Å²) in [5.41, 5.74) is 0.475. The number of carbonyl (C=O) groups excluding carboxylic acids is 1. The maximum absolute atomic E-state index is 12.3. The Hall–Kier alpha value is -2.21. The van der Waals surface area contributed by atoms with Crippen LogP contribution in [0.5, 0.6) is 0 Å². The quantitative estimate of drug-likeness (QED) is 0.808. The van der Waals surface area contributed by atoms with Crippen LogP contribution < -0.4 is 10.9 Å². The Balaban J connectivity index is 1.51. The number of para-hydroxylation sites is 1. The molecule has 23 heavy (non-hydrogen) atoms. The van der Waals surface area contributed by atoms with Crippen LogP contribution in [-0.2, 0) is 11.3 Å². The third kappa shape index (κ3) is 3.96. The van der Waals surface area contributed by atoms with Crippen LogP contribution in [0.4, 0.5) is 0 Å². The summed E-state index contributed by atoms with van der Waals surface area (Å²) in [6.45, 7) is 4.03. The smallest absolute Gasteiger partial charge is 0.261 e. The highest BCUT2D eigenvalue weighted by Crippen LogP contribution is 2.07. The first-order chi connectivity index (χ1) is 11.2. The van der Waals surface area contributed by atoms with Crippen molar-refractivity contribution in [2.24, 2.45) is 0 Å². The topological polar surface area (TPSA) is 67.2 Å². The zero-order valence-electron chi connectivity index (χ0n) is 13.2. The molecule has 122 valence electrons. The third-order valence-corrected chi connectivity index (χ3v) is 4.22. The lowest BCUT2D eigenvalue weighted by atomic mass is 10.2. The molecule has 0 unspecified atom stereocenters. The van der Waals surface area contributed by atoms with E-state index in [2.05, 4.69) is 15.2 Å². The number of nitrogens with zero attached hydrogens (tertiary/aromatic N) is 3. The van der Waals surface area contributed by atoms with Gasteiger partial charge in [-0.05, 0) is 51.0 Å². The average molecular weight is 314 g/mol. The highest BCUT2D eigenvalue weighted by molar-refractivity contribution is 5.78. The highest BCUT2D eigenvalue weighted by Gasteiger charge is 2.11. The highest BCUT2D eigenvalue weighted by atomic mass is 16.2. The van der Waals surface area contributed by atoms with Crippen LogP contribution in [-0.4, -0.2) is 46.5 Å². The fourth-order valence-corrected chi connectivity index (χ4v) is 2.97. The van der Waals surface area contributed by atoms with Crippen molar-refractivity contribution in [3.8, 4) is 0 Å². The number of rotatable bonds is 6. The summed E-state index contributed by atoms with van der Waals surface area (Å²) in [4.78, 5) is 30.9. The van der Waals surface area contributed by atoms with E-state index in [9.17, 15) is 9.59 Å². The van der Waals surface area contributed by atoms with Crippen LogP contribution in [0.25, 0.3) is 10.9 Å². The van der Waals surface area contributed by atoms with Crippen molar-refractivity contribution in [2.75, 3.05) is 26.2 Å². The Labute approximate surface area is 135 Å². The van der Waals surface area contributed by atoms with E-state index in [-0.39, 0.29) is 18.0 Å². The SMILES string of the molecule is O=C(Cn1cnc2ccccc2c1=O)NCCCN1CCCC1. The lowest BCUT2D eigenvalue weighted by Gasteiger charge is -2.14. The summed E-state index contributed by atoms with van der Waals surface area (Å²) < 4.78 is 1.36. The fraction of sp³-hybridized carbons (Fsp3) is 0.471. The van der Waals surface area contributed by atoms with Crippen LogP contribution in [0.1, 0.15) is 19.3 Å². The van der Waals surface area contributed by atoms with Crippen molar-refractivity contribution in [1.29, 1.82) is 0 Å². The van der Waals surface area contributed by atoms with Crippen molar-refractivity contribution in [3.05, 3.63) is 40.9 Å². The molecule has 1 aromatic heterocycles. The van der Waals surface area contributed by atoms with Gasteiger partial charge in [0.1, 0.15) is 6.54 Å². The first-order valence-corrected chi connectivity index (χ1v) is 8.17. The number of hydrogen-bond donors (Lipinski definition) is 1. The maximum atomic E-state index is 12.3. The number of amides is 1. The molecule has 0 saturated carbocycles. The van der Waals surface area contributed by atoms with Gasteiger partial charge in [-0.25, -0.2) is 4.98 Å². The predicted molar refractivity (Wildman–Crippen MR) is 89.3 cm³/mol. The largest absolute Gasteiger partial charge is 0.354 e. The van der Waals surface area contributed by atoms with Gasteiger partial charge in [0.05, 0.1) is 17.2 Å². The molecule has 1 fully saturated rings. The lowest BCUT2D eigenvalue weighted by molar-refractivity contribution is -0.121. The summed E-state index contributed by atoms with van der Waals surface area (Å²) >= 11 is 0. The Bertz CT molecular complexity index is 735. The minimum Gasteiger partial charge on any atom is -0.354 e. The molecule has 1 saturated heterocycles. The molecule has 1 aromatic carbocycles. The Morgan fingerprint density at radius 1 is 1.22 bits per heavy atom. The van der Waals surface area contributed by atoms with E-state index in [1.165, 1.54) is 36.8 Å². The minimum atomic E-state index is -0.178. The number of benzene rings is 1. The van der Waals surface area contributed by atoms with E-state index in [1.54, 1.807) is 18.2 Å². The second-order valence-corrected chi connectivity index (χ2v) is 5.95. The van der Waals surface area contributed by atoms with Crippen molar-refractivity contribution in [3.63, 3.8) is 0 Å². The molecule has 0 aliphatic carbocycles. The summed E-state index contributed by atoms with van der Waals surface area (Å²) in [5, 5.41) is 3.42. The number of carbonyl (C=O) groups is 1. The zero-order valence-corrected chi connectivity index (χ0v) is 13.2. The molecule has 1 aliphatic heterocycles. The molecule has 6 nitrogen and oxygen atoms in total. The number of hydrogen-bond acceptors (Lipinski definition) is 4. The van der Waals surface area contributed by atoms with E-state index < -0.39 is 0 Å². The molecule has 1 aliphatic rings. The predicted octanol–water partition coefficient (Wildman–Crippen LogP) is 0.999. The number of fused-ring (bicyclic) bond motifs is 1. The lowest BCUT2D eigenvalue weighted by Crippen LogP contribution is -2.34. The molecule has 1 amide bonds. The average Bonchev–Trinajstić information content (AvgIpc) is 3.08. The van der Waals surface area contributed by atoms with Gasteiger partial charge in [-0.3, -0.25) is 14.2 Å². The molecular formula is C17H22N4O2. The van der Waals surface area contributed by atoms with Crippen LogP contribution in [0.3, 0.4) is 0 Å². The van der Waals surface area contributed by atoms with Gasteiger partial charge in [0.25, 0.3) is 5.56 Å². The van der Waals surface area contributed by atoms with Gasteiger partial charge < -0.3 is 10.2 Å². The number of aromatic nitrogens is 2. The summed E-state index contributed by atoms with van der Waals surface area (Å²) in [7, 11) is 0. The summed E-state index contributed by atoms with van der Waals surface area (Å²) in [5.74, 6) is -0.148. The molecule has 3 rings (SSSR count). The molecular weight excluding hydrogens is 292 g/mol. The van der Waals surface area contributed by atoms with Crippen LogP contribution in [0.2, 0.25) is 0 Å². The molecule has 6 heteroatoms. The van der Waals surface area contributed by atoms with Crippen LogP contribution >= 0.6 is 0 Å². The monoisotopic (exact) mass is 314 g/mol. The first-order valence-electron chi connectivity index (χ1n) is 8.17. The summed E-state index contributed by atoms with van der Waals surface area (Å²) in [6.07, 6.45) is 4.94. The number of nitrogens with one attached hydrogen (secondary N) is 1.